The highest BCUT2D eigenvalue weighted by Gasteiger charge is 2.14. The van der Waals surface area contributed by atoms with Crippen LogP contribution in [0.25, 0.3) is 0 Å². The van der Waals surface area contributed by atoms with Gasteiger partial charge < -0.3 is 14.6 Å². The van der Waals surface area contributed by atoms with Gasteiger partial charge in [-0.05, 0) is 25.0 Å². The Morgan fingerprint density at radius 3 is 3.00 bits per heavy atom. The number of ether oxygens (including phenoxy) is 1. The van der Waals surface area contributed by atoms with Crippen molar-refractivity contribution in [1.82, 2.24) is 20.1 Å². The standard InChI is InChI=1S/C16H21ClN4O2S/c1-12(13-6-3-4-7-14(13)17)19-15(22)10-24-16-20-18-11-21(16)8-5-9-23-2/h3-4,6-7,11-12H,5,8-10H2,1-2H3,(H,19,22)/t12-/m1/s1. The number of halogens is 1. The van der Waals surface area contributed by atoms with Crippen molar-refractivity contribution < 1.29 is 9.53 Å². The highest BCUT2D eigenvalue weighted by Crippen LogP contribution is 2.22. The third kappa shape index (κ3) is 5.51. The minimum absolute atomic E-state index is 0.0705. The van der Waals surface area contributed by atoms with Crippen molar-refractivity contribution in [3.63, 3.8) is 0 Å². The molecule has 0 fully saturated rings. The molecule has 1 aromatic carbocycles. The van der Waals surface area contributed by atoms with Crippen LogP contribution in [-0.4, -0.2) is 40.1 Å². The summed E-state index contributed by atoms with van der Waals surface area (Å²) in [6, 6.07) is 7.35. The van der Waals surface area contributed by atoms with E-state index in [-0.39, 0.29) is 17.7 Å². The molecule has 0 radical (unpaired) electrons. The molecule has 0 unspecified atom stereocenters. The maximum Gasteiger partial charge on any atom is 0.230 e. The number of thioether (sulfide) groups is 1. The molecule has 2 aromatic rings. The second-order valence-corrected chi connectivity index (χ2v) is 6.60. The van der Waals surface area contributed by atoms with E-state index < -0.39 is 0 Å². The monoisotopic (exact) mass is 368 g/mol. The van der Waals surface area contributed by atoms with Gasteiger partial charge in [0, 0.05) is 25.3 Å². The molecular weight excluding hydrogens is 348 g/mol. The van der Waals surface area contributed by atoms with Gasteiger partial charge in [0.25, 0.3) is 0 Å². The fourth-order valence-electron chi connectivity index (χ4n) is 2.21. The maximum atomic E-state index is 12.2. The van der Waals surface area contributed by atoms with Crippen molar-refractivity contribution in [2.24, 2.45) is 0 Å². The Morgan fingerprint density at radius 2 is 2.25 bits per heavy atom. The van der Waals surface area contributed by atoms with Crippen molar-refractivity contribution in [1.29, 1.82) is 0 Å². The first kappa shape index (κ1) is 18.8. The summed E-state index contributed by atoms with van der Waals surface area (Å²) in [7, 11) is 1.67. The van der Waals surface area contributed by atoms with Gasteiger partial charge in [-0.1, -0.05) is 41.6 Å². The molecule has 0 saturated heterocycles. The molecule has 1 atom stereocenters. The van der Waals surface area contributed by atoms with E-state index >= 15 is 0 Å². The molecule has 0 saturated carbocycles. The summed E-state index contributed by atoms with van der Waals surface area (Å²) in [5.41, 5.74) is 0.903. The maximum absolute atomic E-state index is 12.2. The normalized spacial score (nSPS) is 12.1. The largest absolute Gasteiger partial charge is 0.385 e. The Kier molecular flexibility index (Phi) is 7.55. The van der Waals surface area contributed by atoms with Gasteiger partial charge in [-0.15, -0.1) is 10.2 Å². The number of nitrogens with zero attached hydrogens (tertiary/aromatic N) is 3. The van der Waals surface area contributed by atoms with Gasteiger partial charge in [-0.3, -0.25) is 4.79 Å². The number of methoxy groups -OCH3 is 1. The van der Waals surface area contributed by atoms with Gasteiger partial charge in [0.05, 0.1) is 11.8 Å². The summed E-state index contributed by atoms with van der Waals surface area (Å²) in [6.07, 6.45) is 2.54. The van der Waals surface area contributed by atoms with Gasteiger partial charge in [-0.25, -0.2) is 0 Å². The summed E-state index contributed by atoms with van der Waals surface area (Å²) in [4.78, 5) is 12.2. The fourth-order valence-corrected chi connectivity index (χ4v) is 3.26. The number of nitrogens with one attached hydrogen (secondary N) is 1. The number of aryl methyl sites for hydroxylation is 1. The lowest BCUT2D eigenvalue weighted by atomic mass is 10.1. The summed E-state index contributed by atoms with van der Waals surface area (Å²) in [5.74, 6) is 0.205. The smallest absolute Gasteiger partial charge is 0.230 e. The zero-order valence-electron chi connectivity index (χ0n) is 13.7. The topological polar surface area (TPSA) is 69.0 Å². The Hall–Kier alpha value is -1.57. The molecule has 0 spiro atoms. The SMILES string of the molecule is COCCCn1cnnc1SCC(=O)N[C@H](C)c1ccccc1Cl. The van der Waals surface area contributed by atoms with Crippen molar-refractivity contribution in [3.8, 4) is 0 Å². The molecule has 1 N–H and O–H groups in total. The minimum Gasteiger partial charge on any atom is -0.385 e. The van der Waals surface area contributed by atoms with Crippen molar-refractivity contribution in [2.45, 2.75) is 31.1 Å². The fraction of sp³-hybridized carbons (Fsp3) is 0.438. The van der Waals surface area contributed by atoms with E-state index in [2.05, 4.69) is 15.5 Å². The van der Waals surface area contributed by atoms with Gasteiger partial charge in [0.1, 0.15) is 6.33 Å². The molecule has 0 aliphatic heterocycles. The van der Waals surface area contributed by atoms with Gasteiger partial charge in [-0.2, -0.15) is 0 Å². The number of hydrogen-bond acceptors (Lipinski definition) is 5. The second kappa shape index (κ2) is 9.66. The Morgan fingerprint density at radius 1 is 1.46 bits per heavy atom. The molecule has 130 valence electrons. The molecule has 8 heteroatoms. The number of rotatable bonds is 9. The van der Waals surface area contributed by atoms with Crippen LogP contribution in [0.1, 0.15) is 24.9 Å². The summed E-state index contributed by atoms with van der Waals surface area (Å²) >= 11 is 7.52. The van der Waals surface area contributed by atoms with E-state index in [0.717, 1.165) is 23.7 Å². The molecule has 24 heavy (non-hydrogen) atoms. The summed E-state index contributed by atoms with van der Waals surface area (Å²) < 4.78 is 6.96. The molecule has 2 rings (SSSR count). The zero-order chi connectivity index (χ0) is 17.4. The van der Waals surface area contributed by atoms with Crippen LogP contribution in [0.5, 0.6) is 0 Å². The van der Waals surface area contributed by atoms with Crippen LogP contribution in [0, 0.1) is 0 Å². The summed E-state index contributed by atoms with van der Waals surface area (Å²) in [5, 5.41) is 12.3. The van der Waals surface area contributed by atoms with Gasteiger partial charge >= 0.3 is 0 Å². The zero-order valence-corrected chi connectivity index (χ0v) is 15.3. The number of hydrogen-bond donors (Lipinski definition) is 1. The van der Waals surface area contributed by atoms with Gasteiger partial charge in [0.15, 0.2) is 5.16 Å². The lowest BCUT2D eigenvalue weighted by Gasteiger charge is -2.15. The molecule has 0 aliphatic carbocycles. The third-order valence-electron chi connectivity index (χ3n) is 3.41. The van der Waals surface area contributed by atoms with E-state index in [9.17, 15) is 4.79 Å². The van der Waals surface area contributed by atoms with Crippen LogP contribution in [0.4, 0.5) is 0 Å². The number of amides is 1. The number of benzene rings is 1. The average molecular weight is 369 g/mol. The van der Waals surface area contributed by atoms with E-state index in [1.54, 1.807) is 13.4 Å². The Bertz CT molecular complexity index is 665. The predicted octanol–water partition coefficient (Wildman–Crippen LogP) is 2.94. The van der Waals surface area contributed by atoms with Crippen LogP contribution >= 0.6 is 23.4 Å². The van der Waals surface area contributed by atoms with Crippen molar-refractivity contribution in [3.05, 3.63) is 41.2 Å². The van der Waals surface area contributed by atoms with E-state index in [1.165, 1.54) is 11.8 Å². The lowest BCUT2D eigenvalue weighted by molar-refractivity contribution is -0.119. The van der Waals surface area contributed by atoms with Gasteiger partial charge in [0.2, 0.25) is 5.91 Å². The van der Waals surface area contributed by atoms with Crippen LogP contribution in [-0.2, 0) is 16.1 Å². The molecule has 1 amide bonds. The Balaban J connectivity index is 1.83. The van der Waals surface area contributed by atoms with Crippen LogP contribution in [0.15, 0.2) is 35.7 Å². The minimum atomic E-state index is -0.147. The highest BCUT2D eigenvalue weighted by atomic mass is 35.5. The predicted molar refractivity (Wildman–Crippen MR) is 95.2 cm³/mol. The molecule has 6 nitrogen and oxygen atoms in total. The van der Waals surface area contributed by atoms with Crippen LogP contribution < -0.4 is 5.32 Å². The molecule has 0 bridgehead atoms. The molecular formula is C16H21ClN4O2S. The first-order valence-corrected chi connectivity index (χ1v) is 9.01. The second-order valence-electron chi connectivity index (χ2n) is 5.25. The number of carbonyl (C=O) groups excluding carboxylic acids is 1. The number of carbonyl (C=O) groups is 1. The van der Waals surface area contributed by atoms with Crippen molar-refractivity contribution in [2.75, 3.05) is 19.5 Å². The third-order valence-corrected chi connectivity index (χ3v) is 4.73. The first-order chi connectivity index (χ1) is 11.6. The van der Waals surface area contributed by atoms with Crippen molar-refractivity contribution >= 4 is 29.3 Å². The molecule has 1 heterocycles. The number of aromatic nitrogens is 3. The summed E-state index contributed by atoms with van der Waals surface area (Å²) in [6.45, 7) is 3.36. The first-order valence-electron chi connectivity index (χ1n) is 7.65. The van der Waals surface area contributed by atoms with Crippen LogP contribution in [0.3, 0.4) is 0 Å². The van der Waals surface area contributed by atoms with E-state index in [4.69, 9.17) is 16.3 Å². The lowest BCUT2D eigenvalue weighted by Crippen LogP contribution is -2.28. The average Bonchev–Trinajstić information content (AvgIpc) is 3.01. The Labute approximate surface area is 150 Å². The molecule has 1 aromatic heterocycles. The quantitative estimate of drug-likeness (QED) is 0.544. The molecule has 0 aliphatic rings. The van der Waals surface area contributed by atoms with E-state index in [1.807, 2.05) is 35.8 Å². The highest BCUT2D eigenvalue weighted by molar-refractivity contribution is 7.99. The van der Waals surface area contributed by atoms with Crippen LogP contribution in [0.2, 0.25) is 5.02 Å². The van der Waals surface area contributed by atoms with E-state index in [0.29, 0.717) is 11.6 Å².